The van der Waals surface area contributed by atoms with Gasteiger partial charge in [0.05, 0.1) is 29.1 Å². The first-order valence-electron chi connectivity index (χ1n) is 15.4. The van der Waals surface area contributed by atoms with Crippen LogP contribution in [0.25, 0.3) is 32.9 Å². The highest BCUT2D eigenvalue weighted by Crippen LogP contribution is 2.42. The minimum Gasteiger partial charge on any atom is -0.508 e. The van der Waals surface area contributed by atoms with E-state index in [1.165, 1.54) is 30.5 Å². The summed E-state index contributed by atoms with van der Waals surface area (Å²) >= 11 is 0. The number of rotatable bonds is 7. The van der Waals surface area contributed by atoms with Gasteiger partial charge in [0.2, 0.25) is 0 Å². The van der Waals surface area contributed by atoms with Gasteiger partial charge < -0.3 is 19.5 Å². The maximum atomic E-state index is 16.8. The minimum atomic E-state index is -0.925. The van der Waals surface area contributed by atoms with Crippen LogP contribution in [0.2, 0.25) is 0 Å². The Balaban J connectivity index is 1.39. The number of nitrogens with zero attached hydrogens (tertiary/aromatic N) is 5. The molecule has 0 saturated carbocycles. The quantitative estimate of drug-likeness (QED) is 0.262. The second-order valence-corrected chi connectivity index (χ2v) is 12.3. The van der Waals surface area contributed by atoms with Crippen LogP contribution in [-0.2, 0) is 4.74 Å². The van der Waals surface area contributed by atoms with E-state index in [-0.39, 0.29) is 52.1 Å². The molecular weight excluding hydrogens is 583 g/mol. The maximum absolute atomic E-state index is 16.8. The van der Waals surface area contributed by atoms with Crippen LogP contribution in [0.3, 0.4) is 0 Å². The van der Waals surface area contributed by atoms with Crippen LogP contribution in [0.5, 0.6) is 11.8 Å². The number of hydrogen-bond acceptors (Lipinski definition) is 8. The molecule has 2 aromatic heterocycles. The van der Waals surface area contributed by atoms with Crippen LogP contribution in [0.15, 0.2) is 30.5 Å². The number of piperidine rings is 1. The Morgan fingerprint density at radius 1 is 1.16 bits per heavy atom. The fraction of sp³-hybridized carbons (Fsp3) is 0.441. The predicted octanol–water partition coefficient (Wildman–Crippen LogP) is 5.77. The molecule has 8 nitrogen and oxygen atoms in total. The molecule has 3 atom stereocenters. The van der Waals surface area contributed by atoms with Crippen LogP contribution in [0.1, 0.15) is 44.1 Å². The van der Waals surface area contributed by atoms with E-state index >= 15 is 4.39 Å². The molecule has 11 heteroatoms. The number of aromatic hydroxyl groups is 1. The van der Waals surface area contributed by atoms with Gasteiger partial charge in [0.1, 0.15) is 41.4 Å². The molecule has 1 N–H and O–H groups in total. The van der Waals surface area contributed by atoms with Crippen molar-refractivity contribution in [1.29, 1.82) is 0 Å². The number of aromatic nitrogens is 3. The summed E-state index contributed by atoms with van der Waals surface area (Å²) in [6.07, 6.45) is 11.2. The topological polar surface area (TPSA) is 83.8 Å². The minimum absolute atomic E-state index is 0.000316. The van der Waals surface area contributed by atoms with Gasteiger partial charge in [-0.1, -0.05) is 12.0 Å². The van der Waals surface area contributed by atoms with Crippen molar-refractivity contribution < 1.29 is 27.8 Å². The molecule has 3 aliphatic heterocycles. The largest absolute Gasteiger partial charge is 0.508 e. The van der Waals surface area contributed by atoms with Crippen molar-refractivity contribution in [2.75, 3.05) is 44.9 Å². The molecule has 0 radical (unpaired) electrons. The Bertz CT molecular complexity index is 1830. The average molecular weight is 618 g/mol. The number of alkyl halides is 1. The van der Waals surface area contributed by atoms with Crippen LogP contribution in [-0.4, -0.2) is 82.7 Å². The van der Waals surface area contributed by atoms with Gasteiger partial charge >= 0.3 is 6.01 Å². The molecule has 0 aliphatic carbocycles. The molecule has 3 aliphatic rings. The normalized spacial score (nSPS) is 23.5. The van der Waals surface area contributed by atoms with Crippen molar-refractivity contribution in [2.45, 2.75) is 56.3 Å². The zero-order valence-corrected chi connectivity index (χ0v) is 25.0. The first-order valence-corrected chi connectivity index (χ1v) is 15.4. The Kier molecular flexibility index (Phi) is 7.66. The summed E-state index contributed by atoms with van der Waals surface area (Å²) < 4.78 is 57.8. The third-order valence-corrected chi connectivity index (χ3v) is 9.58. The van der Waals surface area contributed by atoms with Gasteiger partial charge in [-0.15, -0.1) is 6.42 Å². The molecule has 0 spiro atoms. The summed E-state index contributed by atoms with van der Waals surface area (Å²) in [5, 5.41) is 11.6. The highest BCUT2D eigenvalue weighted by Gasteiger charge is 2.49. The highest BCUT2D eigenvalue weighted by molar-refractivity contribution is 6.03. The van der Waals surface area contributed by atoms with Crippen molar-refractivity contribution >= 4 is 27.5 Å². The molecule has 3 saturated heterocycles. The summed E-state index contributed by atoms with van der Waals surface area (Å²) in [4.78, 5) is 18.1. The molecule has 5 heterocycles. The van der Waals surface area contributed by atoms with Gasteiger partial charge in [-0.2, -0.15) is 9.97 Å². The highest BCUT2D eigenvalue weighted by atomic mass is 19.1. The molecule has 0 amide bonds. The lowest BCUT2D eigenvalue weighted by atomic mass is 9.95. The molecule has 7 rings (SSSR count). The summed E-state index contributed by atoms with van der Waals surface area (Å²) in [5.41, 5.74) is -0.554. The van der Waals surface area contributed by atoms with E-state index in [0.717, 1.165) is 38.6 Å². The van der Waals surface area contributed by atoms with Gasteiger partial charge in [0.25, 0.3) is 0 Å². The third kappa shape index (κ3) is 5.10. The Morgan fingerprint density at radius 3 is 2.84 bits per heavy atom. The van der Waals surface area contributed by atoms with E-state index in [2.05, 4.69) is 25.7 Å². The molecular formula is C34H34F3N5O3. The summed E-state index contributed by atoms with van der Waals surface area (Å²) in [6.45, 7) is 2.50. The number of phenolic OH excluding ortho intramolecular Hbond substituents is 1. The van der Waals surface area contributed by atoms with Gasteiger partial charge in [0, 0.05) is 43.8 Å². The number of methoxy groups -OCH3 is 1. The van der Waals surface area contributed by atoms with Crippen molar-refractivity contribution in [3.63, 3.8) is 0 Å². The molecule has 234 valence electrons. The lowest BCUT2D eigenvalue weighted by molar-refractivity contribution is 0.107. The first kappa shape index (κ1) is 29.6. The first-order chi connectivity index (χ1) is 21.8. The summed E-state index contributed by atoms with van der Waals surface area (Å²) in [7, 11) is 1.65. The van der Waals surface area contributed by atoms with Crippen molar-refractivity contribution in [2.24, 2.45) is 0 Å². The number of ether oxygens (including phenoxy) is 2. The van der Waals surface area contributed by atoms with Gasteiger partial charge in [-0.05, 0) is 62.2 Å². The standard InChI is InChI=1S/C34H34F3N5O3/c1-3-24-27(36)9-8-20-13-23(43)14-25(28(20)24)30-29(37)31-26(16-38-30)32(42-12-5-4-7-22(42)18-44-2)40-33(39-31)45-19-34-10-6-11-41(34)17-21(35)15-34/h1,8-9,13-14,16,21-22,43H,4-7,10-12,15,17-19H2,2H3/t21?,22?,34-/m0/s1. The monoisotopic (exact) mass is 617 g/mol. The number of halogens is 3. The zero-order chi connectivity index (χ0) is 31.3. The molecule has 4 aromatic rings. The van der Waals surface area contributed by atoms with Crippen LogP contribution < -0.4 is 9.64 Å². The van der Waals surface area contributed by atoms with E-state index in [4.69, 9.17) is 20.9 Å². The number of hydrogen-bond donors (Lipinski definition) is 1. The lowest BCUT2D eigenvalue weighted by Gasteiger charge is -2.37. The fourth-order valence-electron chi connectivity index (χ4n) is 7.54. The van der Waals surface area contributed by atoms with E-state index in [9.17, 15) is 13.9 Å². The molecule has 2 unspecified atom stereocenters. The Hall–Kier alpha value is -4.14. The van der Waals surface area contributed by atoms with Crippen molar-refractivity contribution in [3.05, 3.63) is 47.7 Å². The summed E-state index contributed by atoms with van der Waals surface area (Å²) in [5.74, 6) is 1.26. The number of benzene rings is 2. The number of terminal acetylenes is 1. The van der Waals surface area contributed by atoms with Crippen molar-refractivity contribution in [3.8, 4) is 35.4 Å². The van der Waals surface area contributed by atoms with Crippen LogP contribution in [0.4, 0.5) is 19.0 Å². The average Bonchev–Trinajstić information content (AvgIpc) is 3.56. The molecule has 0 bridgehead atoms. The lowest BCUT2D eigenvalue weighted by Crippen LogP contribution is -2.44. The Labute approximate surface area is 259 Å². The van der Waals surface area contributed by atoms with E-state index in [1.807, 2.05) is 0 Å². The molecule has 45 heavy (non-hydrogen) atoms. The van der Waals surface area contributed by atoms with Crippen LogP contribution >= 0.6 is 0 Å². The maximum Gasteiger partial charge on any atom is 0.319 e. The van der Waals surface area contributed by atoms with Gasteiger partial charge in [-0.3, -0.25) is 9.88 Å². The molecule has 2 aromatic carbocycles. The molecule has 3 fully saturated rings. The SMILES string of the molecule is C#Cc1c(F)ccc2cc(O)cc(-c3ncc4c(N5CCCCC5COC)nc(OC[C@@]56CCCN5CC(F)C6)nc4c3F)c12. The Morgan fingerprint density at radius 2 is 2.02 bits per heavy atom. The van der Waals surface area contributed by atoms with Gasteiger partial charge in [0.15, 0.2) is 5.82 Å². The second kappa shape index (κ2) is 11.7. The van der Waals surface area contributed by atoms with E-state index in [1.54, 1.807) is 7.11 Å². The zero-order valence-electron chi connectivity index (χ0n) is 25.0. The number of pyridine rings is 1. The number of fused-ring (bicyclic) bond motifs is 3. The van der Waals surface area contributed by atoms with Crippen LogP contribution in [0, 0.1) is 24.0 Å². The number of phenols is 1. The smallest absolute Gasteiger partial charge is 0.319 e. The van der Waals surface area contributed by atoms with E-state index < -0.39 is 23.3 Å². The van der Waals surface area contributed by atoms with Crippen molar-refractivity contribution in [1.82, 2.24) is 19.9 Å². The third-order valence-electron chi connectivity index (χ3n) is 9.58. The summed E-state index contributed by atoms with van der Waals surface area (Å²) in [6, 6.07) is 5.43. The van der Waals surface area contributed by atoms with E-state index in [0.29, 0.717) is 42.7 Å². The number of anilines is 1. The predicted molar refractivity (Wildman–Crippen MR) is 165 cm³/mol. The fourth-order valence-corrected chi connectivity index (χ4v) is 7.54. The second-order valence-electron chi connectivity index (χ2n) is 12.3. The van der Waals surface area contributed by atoms with Gasteiger partial charge in [-0.25, -0.2) is 13.2 Å².